The summed E-state index contributed by atoms with van der Waals surface area (Å²) in [5.74, 6) is 0.475. The molecule has 0 aliphatic carbocycles. The zero-order valence-corrected chi connectivity index (χ0v) is 13.9. The monoisotopic (exact) mass is 341 g/mol. The molecule has 0 amide bonds. The lowest BCUT2D eigenvalue weighted by molar-refractivity contribution is 0.545. The Labute approximate surface area is 134 Å². The predicted octanol–water partition coefficient (Wildman–Crippen LogP) is 2.21. The maximum absolute atomic E-state index is 12.3. The minimum Gasteiger partial charge on any atom is -0.383 e. The number of rotatable bonds is 3. The fourth-order valence-corrected chi connectivity index (χ4v) is 2.98. The summed E-state index contributed by atoms with van der Waals surface area (Å²) in [4.78, 5) is 11.8. The van der Waals surface area contributed by atoms with Crippen LogP contribution in [0.5, 0.6) is 0 Å². The molecule has 0 radical (unpaired) electrons. The van der Waals surface area contributed by atoms with E-state index in [-0.39, 0.29) is 26.8 Å². The first-order valence-electron chi connectivity index (χ1n) is 6.36. The van der Waals surface area contributed by atoms with Gasteiger partial charge in [0.05, 0.1) is 23.1 Å². The van der Waals surface area contributed by atoms with Gasteiger partial charge in [-0.2, -0.15) is 0 Å². The Bertz CT molecular complexity index is 785. The second-order valence-corrected chi connectivity index (χ2v) is 7.78. The third-order valence-electron chi connectivity index (χ3n) is 2.71. The summed E-state index contributed by atoms with van der Waals surface area (Å²) in [6.45, 7) is 5.89. The summed E-state index contributed by atoms with van der Waals surface area (Å²) in [5.41, 5.74) is 5.60. The van der Waals surface area contributed by atoms with Crippen LogP contribution in [0.3, 0.4) is 0 Å². The van der Waals surface area contributed by atoms with Gasteiger partial charge in [-0.25, -0.2) is 23.4 Å². The lowest BCUT2D eigenvalue weighted by Crippen LogP contribution is -2.18. The molecule has 0 spiro atoms. The first-order valence-corrected chi connectivity index (χ1v) is 8.22. The van der Waals surface area contributed by atoms with Crippen molar-refractivity contribution in [2.75, 3.05) is 10.5 Å². The molecule has 0 fully saturated rings. The Balaban J connectivity index is 2.31. The molecule has 0 aliphatic rings. The maximum atomic E-state index is 12.3. The fraction of sp³-hybridized carbons (Fsp3) is 0.308. The number of aromatic nitrogens is 3. The first kappa shape index (κ1) is 16.4. The van der Waals surface area contributed by atoms with Crippen LogP contribution in [0.2, 0.25) is 5.02 Å². The zero-order chi connectivity index (χ0) is 16.5. The predicted molar refractivity (Wildman–Crippen MR) is 85.2 cm³/mol. The highest BCUT2D eigenvalue weighted by atomic mass is 35.5. The van der Waals surface area contributed by atoms with Gasteiger partial charge in [-0.1, -0.05) is 32.4 Å². The van der Waals surface area contributed by atoms with E-state index in [0.29, 0.717) is 5.82 Å². The third kappa shape index (κ3) is 3.63. The molecular formula is C13H16ClN5O2S. The van der Waals surface area contributed by atoms with E-state index in [4.69, 9.17) is 17.3 Å². The van der Waals surface area contributed by atoms with Gasteiger partial charge in [0.25, 0.3) is 10.0 Å². The Kier molecular flexibility index (Phi) is 4.25. The van der Waals surface area contributed by atoms with E-state index in [1.807, 2.05) is 20.8 Å². The second kappa shape index (κ2) is 5.69. The average Bonchev–Trinajstić information content (AvgIpc) is 2.40. The minimum absolute atomic E-state index is 0.135. The van der Waals surface area contributed by atoms with Crippen LogP contribution in [0.15, 0.2) is 29.6 Å². The van der Waals surface area contributed by atoms with Gasteiger partial charge in [0.1, 0.15) is 16.5 Å². The van der Waals surface area contributed by atoms with Crippen LogP contribution in [0, 0.1) is 0 Å². The highest BCUT2D eigenvalue weighted by Gasteiger charge is 2.21. The molecule has 2 aromatic rings. The molecule has 3 N–H and O–H groups in total. The van der Waals surface area contributed by atoms with E-state index in [9.17, 15) is 8.42 Å². The molecule has 2 heterocycles. The van der Waals surface area contributed by atoms with Gasteiger partial charge in [-0.3, -0.25) is 4.72 Å². The SMILES string of the molecule is CC(C)(C)c1ncc(NS(=O)(=O)c2cc(Cl)cnc2N)cn1. The van der Waals surface area contributed by atoms with Crippen molar-refractivity contribution in [3.05, 3.63) is 35.5 Å². The number of halogens is 1. The van der Waals surface area contributed by atoms with E-state index in [2.05, 4.69) is 19.7 Å². The van der Waals surface area contributed by atoms with Gasteiger partial charge in [0, 0.05) is 11.6 Å². The highest BCUT2D eigenvalue weighted by Crippen LogP contribution is 2.23. The van der Waals surface area contributed by atoms with Gasteiger partial charge in [0.15, 0.2) is 0 Å². The van der Waals surface area contributed by atoms with Crippen molar-refractivity contribution in [3.63, 3.8) is 0 Å². The molecule has 22 heavy (non-hydrogen) atoms. The number of nitrogens with zero attached hydrogens (tertiary/aromatic N) is 3. The van der Waals surface area contributed by atoms with Crippen LogP contribution in [-0.2, 0) is 15.4 Å². The fourth-order valence-electron chi connectivity index (χ4n) is 1.62. The smallest absolute Gasteiger partial charge is 0.265 e. The van der Waals surface area contributed by atoms with E-state index in [1.165, 1.54) is 24.7 Å². The Morgan fingerprint density at radius 2 is 1.73 bits per heavy atom. The molecule has 7 nitrogen and oxygen atoms in total. The molecule has 2 aromatic heterocycles. The average molecular weight is 342 g/mol. The molecular weight excluding hydrogens is 326 g/mol. The molecule has 118 valence electrons. The number of sulfonamides is 1. The molecule has 0 bridgehead atoms. The third-order valence-corrected chi connectivity index (χ3v) is 4.33. The lowest BCUT2D eigenvalue weighted by Gasteiger charge is -2.16. The maximum Gasteiger partial charge on any atom is 0.265 e. The number of nitrogens with one attached hydrogen (secondary N) is 1. The number of anilines is 2. The summed E-state index contributed by atoms with van der Waals surface area (Å²) in [7, 11) is -3.92. The van der Waals surface area contributed by atoms with Crippen LogP contribution in [0.25, 0.3) is 0 Å². The lowest BCUT2D eigenvalue weighted by atomic mass is 9.96. The number of pyridine rings is 1. The molecule has 2 rings (SSSR count). The second-order valence-electron chi connectivity index (χ2n) is 5.69. The van der Waals surface area contributed by atoms with E-state index in [0.717, 1.165) is 0 Å². The van der Waals surface area contributed by atoms with Crippen molar-refractivity contribution < 1.29 is 8.42 Å². The van der Waals surface area contributed by atoms with Gasteiger partial charge in [-0.05, 0) is 6.07 Å². The molecule has 9 heteroatoms. The minimum atomic E-state index is -3.92. The topological polar surface area (TPSA) is 111 Å². The molecule has 0 unspecified atom stereocenters. The van der Waals surface area contributed by atoms with E-state index < -0.39 is 10.0 Å². The summed E-state index contributed by atoms with van der Waals surface area (Å²) in [5, 5.41) is 0.175. The number of nitrogens with two attached hydrogens (primary N) is 1. The Morgan fingerprint density at radius 3 is 2.27 bits per heavy atom. The summed E-state index contributed by atoms with van der Waals surface area (Å²) >= 11 is 5.76. The van der Waals surface area contributed by atoms with E-state index in [1.54, 1.807) is 0 Å². The van der Waals surface area contributed by atoms with Crippen LogP contribution >= 0.6 is 11.6 Å². The van der Waals surface area contributed by atoms with Crippen LogP contribution in [-0.4, -0.2) is 23.4 Å². The Morgan fingerprint density at radius 1 is 1.14 bits per heavy atom. The normalized spacial score (nSPS) is 12.2. The standard InChI is InChI=1S/C13H16ClN5O2S/c1-13(2,3)12-17-6-9(7-18-12)19-22(20,21)10-4-8(14)5-16-11(10)15/h4-7,19H,1-3H3,(H2,15,16). The number of hydrogen-bond donors (Lipinski definition) is 2. The van der Waals surface area contributed by atoms with Crippen molar-refractivity contribution in [1.82, 2.24) is 15.0 Å². The summed E-state index contributed by atoms with van der Waals surface area (Å²) in [6, 6.07) is 1.23. The van der Waals surface area contributed by atoms with Gasteiger partial charge < -0.3 is 5.73 Å². The molecule has 0 atom stereocenters. The van der Waals surface area contributed by atoms with Crippen molar-refractivity contribution in [2.24, 2.45) is 0 Å². The van der Waals surface area contributed by atoms with Crippen molar-refractivity contribution in [1.29, 1.82) is 0 Å². The Hall–Kier alpha value is -1.93. The van der Waals surface area contributed by atoms with Crippen molar-refractivity contribution in [2.45, 2.75) is 31.1 Å². The van der Waals surface area contributed by atoms with Crippen molar-refractivity contribution >= 4 is 33.1 Å². The number of hydrogen-bond acceptors (Lipinski definition) is 6. The molecule has 0 saturated carbocycles. The molecule has 0 aromatic carbocycles. The van der Waals surface area contributed by atoms with Gasteiger partial charge in [-0.15, -0.1) is 0 Å². The summed E-state index contributed by atoms with van der Waals surface area (Å²) in [6.07, 6.45) is 4.08. The molecule has 0 aliphatic heterocycles. The molecule has 0 saturated heterocycles. The quantitative estimate of drug-likeness (QED) is 0.885. The van der Waals surface area contributed by atoms with Crippen LogP contribution in [0.4, 0.5) is 11.5 Å². The largest absolute Gasteiger partial charge is 0.383 e. The number of nitrogen functional groups attached to an aromatic ring is 1. The van der Waals surface area contributed by atoms with Gasteiger partial charge >= 0.3 is 0 Å². The van der Waals surface area contributed by atoms with E-state index >= 15 is 0 Å². The van der Waals surface area contributed by atoms with Gasteiger partial charge in [0.2, 0.25) is 0 Å². The highest BCUT2D eigenvalue weighted by molar-refractivity contribution is 7.92. The summed E-state index contributed by atoms with van der Waals surface area (Å²) < 4.78 is 27.0. The van der Waals surface area contributed by atoms with Crippen LogP contribution < -0.4 is 10.5 Å². The first-order chi connectivity index (χ1) is 10.1. The van der Waals surface area contributed by atoms with Crippen molar-refractivity contribution in [3.8, 4) is 0 Å². The zero-order valence-electron chi connectivity index (χ0n) is 12.3. The van der Waals surface area contributed by atoms with Crippen LogP contribution in [0.1, 0.15) is 26.6 Å².